The van der Waals surface area contributed by atoms with Crippen molar-refractivity contribution in [3.8, 4) is 0 Å². The number of para-hydroxylation sites is 1. The second-order valence-electron chi connectivity index (χ2n) is 4.73. The molecule has 1 fully saturated rings. The maximum absolute atomic E-state index is 10.7. The normalized spacial score (nSPS) is 20.1. The number of carbonyl (C=O) groups is 1. The van der Waals surface area contributed by atoms with Crippen LogP contribution in [0.2, 0.25) is 0 Å². The summed E-state index contributed by atoms with van der Waals surface area (Å²) in [6.07, 6.45) is 4.39. The molecule has 0 unspecified atom stereocenters. The summed E-state index contributed by atoms with van der Waals surface area (Å²) in [7, 11) is 0. The SMILES string of the molecule is Cc1cccc(C)c1N1CCCC[C@H]1NC=O. The molecule has 1 aromatic rings. The van der Waals surface area contributed by atoms with E-state index in [0.29, 0.717) is 0 Å². The van der Waals surface area contributed by atoms with Gasteiger partial charge in [0.15, 0.2) is 0 Å². The quantitative estimate of drug-likeness (QED) is 0.811. The lowest BCUT2D eigenvalue weighted by Crippen LogP contribution is -2.48. The van der Waals surface area contributed by atoms with Crippen LogP contribution in [0.15, 0.2) is 18.2 Å². The summed E-state index contributed by atoms with van der Waals surface area (Å²) in [5.74, 6) is 0. The van der Waals surface area contributed by atoms with Crippen LogP contribution in [0.1, 0.15) is 30.4 Å². The lowest BCUT2D eigenvalue weighted by Gasteiger charge is -2.38. The smallest absolute Gasteiger partial charge is 0.208 e. The summed E-state index contributed by atoms with van der Waals surface area (Å²) in [6.45, 7) is 5.29. The van der Waals surface area contributed by atoms with E-state index in [0.717, 1.165) is 19.4 Å². The van der Waals surface area contributed by atoms with E-state index in [9.17, 15) is 4.79 Å². The van der Waals surface area contributed by atoms with Crippen molar-refractivity contribution in [1.82, 2.24) is 5.32 Å². The average Bonchev–Trinajstić information content (AvgIpc) is 2.31. The summed E-state index contributed by atoms with van der Waals surface area (Å²) < 4.78 is 0. The van der Waals surface area contributed by atoms with Gasteiger partial charge in [0, 0.05) is 12.2 Å². The first kappa shape index (κ1) is 12.0. The second-order valence-corrected chi connectivity index (χ2v) is 4.73. The molecule has 3 heteroatoms. The number of carbonyl (C=O) groups excluding carboxylic acids is 1. The van der Waals surface area contributed by atoms with Crippen molar-refractivity contribution >= 4 is 12.1 Å². The van der Waals surface area contributed by atoms with E-state index >= 15 is 0 Å². The minimum Gasteiger partial charge on any atom is -0.351 e. The zero-order valence-corrected chi connectivity index (χ0v) is 10.6. The van der Waals surface area contributed by atoms with E-state index in [2.05, 4.69) is 42.3 Å². The lowest BCUT2D eigenvalue weighted by molar-refractivity contribution is -0.110. The maximum Gasteiger partial charge on any atom is 0.208 e. The molecule has 17 heavy (non-hydrogen) atoms. The molecule has 1 aliphatic heterocycles. The van der Waals surface area contributed by atoms with Gasteiger partial charge in [-0.25, -0.2) is 0 Å². The van der Waals surface area contributed by atoms with Gasteiger partial charge in [-0.2, -0.15) is 0 Å². The summed E-state index contributed by atoms with van der Waals surface area (Å²) in [5.41, 5.74) is 3.85. The van der Waals surface area contributed by atoms with Crippen LogP contribution in [0.3, 0.4) is 0 Å². The van der Waals surface area contributed by atoms with Crippen LogP contribution < -0.4 is 10.2 Å². The summed E-state index contributed by atoms with van der Waals surface area (Å²) >= 11 is 0. The first-order valence-electron chi connectivity index (χ1n) is 6.26. The van der Waals surface area contributed by atoms with Gasteiger partial charge in [-0.3, -0.25) is 4.79 Å². The number of aryl methyl sites for hydroxylation is 2. The van der Waals surface area contributed by atoms with E-state index < -0.39 is 0 Å². The highest BCUT2D eigenvalue weighted by Gasteiger charge is 2.23. The third-order valence-electron chi connectivity index (χ3n) is 3.49. The molecule has 0 spiro atoms. The molecule has 3 nitrogen and oxygen atoms in total. The Labute approximate surface area is 103 Å². The lowest BCUT2D eigenvalue weighted by atomic mass is 10.0. The highest BCUT2D eigenvalue weighted by Crippen LogP contribution is 2.29. The van der Waals surface area contributed by atoms with Crippen LogP contribution in [0.4, 0.5) is 5.69 Å². The van der Waals surface area contributed by atoms with Crippen LogP contribution in [0, 0.1) is 13.8 Å². The van der Waals surface area contributed by atoms with E-state index in [4.69, 9.17) is 0 Å². The van der Waals surface area contributed by atoms with Crippen molar-refractivity contribution in [1.29, 1.82) is 0 Å². The van der Waals surface area contributed by atoms with E-state index in [-0.39, 0.29) is 6.17 Å². The number of anilines is 1. The predicted molar refractivity (Wildman–Crippen MR) is 70.1 cm³/mol. The van der Waals surface area contributed by atoms with Gasteiger partial charge in [-0.15, -0.1) is 0 Å². The number of amides is 1. The van der Waals surface area contributed by atoms with E-state index in [1.807, 2.05) is 0 Å². The van der Waals surface area contributed by atoms with Crippen molar-refractivity contribution < 1.29 is 4.79 Å². The van der Waals surface area contributed by atoms with Gasteiger partial charge >= 0.3 is 0 Å². The Morgan fingerprint density at radius 3 is 2.65 bits per heavy atom. The Bertz CT molecular complexity index is 383. The number of hydrogen-bond donors (Lipinski definition) is 1. The molecular formula is C14H20N2O. The Kier molecular flexibility index (Phi) is 3.67. The third kappa shape index (κ3) is 2.43. The molecule has 1 aromatic carbocycles. The highest BCUT2D eigenvalue weighted by molar-refractivity contribution is 5.61. The molecule has 1 amide bonds. The minimum atomic E-state index is 0.154. The number of piperidine rings is 1. The Balaban J connectivity index is 2.32. The first-order chi connectivity index (χ1) is 8.24. The zero-order valence-electron chi connectivity index (χ0n) is 10.6. The number of nitrogens with zero attached hydrogens (tertiary/aromatic N) is 1. The van der Waals surface area contributed by atoms with E-state index in [1.165, 1.54) is 29.7 Å². The van der Waals surface area contributed by atoms with Crippen LogP contribution in [-0.4, -0.2) is 19.1 Å². The van der Waals surface area contributed by atoms with Gasteiger partial charge in [0.05, 0.1) is 0 Å². The molecule has 92 valence electrons. The number of benzene rings is 1. The Hall–Kier alpha value is -1.51. The fourth-order valence-electron chi connectivity index (χ4n) is 2.71. The first-order valence-corrected chi connectivity index (χ1v) is 6.26. The molecule has 0 aliphatic carbocycles. The average molecular weight is 232 g/mol. The monoisotopic (exact) mass is 232 g/mol. The summed E-state index contributed by atoms with van der Waals surface area (Å²) in [6, 6.07) is 6.35. The molecule has 2 rings (SSSR count). The van der Waals surface area contributed by atoms with Crippen LogP contribution >= 0.6 is 0 Å². The van der Waals surface area contributed by atoms with Gasteiger partial charge in [0.1, 0.15) is 6.17 Å². The van der Waals surface area contributed by atoms with Gasteiger partial charge < -0.3 is 10.2 Å². The van der Waals surface area contributed by atoms with Crippen LogP contribution in [0.25, 0.3) is 0 Å². The van der Waals surface area contributed by atoms with Crippen molar-refractivity contribution in [2.24, 2.45) is 0 Å². The van der Waals surface area contributed by atoms with Crippen molar-refractivity contribution in [3.05, 3.63) is 29.3 Å². The molecule has 1 N–H and O–H groups in total. The van der Waals surface area contributed by atoms with Gasteiger partial charge in [0.25, 0.3) is 0 Å². The van der Waals surface area contributed by atoms with Gasteiger partial charge in [-0.05, 0) is 44.2 Å². The molecule has 0 saturated carbocycles. The molecule has 1 aliphatic rings. The van der Waals surface area contributed by atoms with Gasteiger partial charge in [0.2, 0.25) is 6.41 Å². The second kappa shape index (κ2) is 5.21. The largest absolute Gasteiger partial charge is 0.351 e. The number of nitrogens with one attached hydrogen (secondary N) is 1. The molecule has 1 heterocycles. The Morgan fingerprint density at radius 2 is 2.00 bits per heavy atom. The number of hydrogen-bond acceptors (Lipinski definition) is 2. The molecule has 1 atom stereocenters. The summed E-state index contributed by atoms with van der Waals surface area (Å²) in [4.78, 5) is 13.0. The fraction of sp³-hybridized carbons (Fsp3) is 0.500. The summed E-state index contributed by atoms with van der Waals surface area (Å²) in [5, 5.41) is 2.93. The van der Waals surface area contributed by atoms with E-state index in [1.54, 1.807) is 0 Å². The van der Waals surface area contributed by atoms with Crippen molar-refractivity contribution in [2.45, 2.75) is 39.3 Å². The topological polar surface area (TPSA) is 32.3 Å². The number of rotatable bonds is 3. The fourth-order valence-corrected chi connectivity index (χ4v) is 2.71. The van der Waals surface area contributed by atoms with Crippen molar-refractivity contribution in [3.63, 3.8) is 0 Å². The van der Waals surface area contributed by atoms with Crippen LogP contribution in [-0.2, 0) is 4.79 Å². The molecule has 0 bridgehead atoms. The standard InChI is InChI=1S/C14H20N2O/c1-11-6-5-7-12(2)14(11)16-9-4-3-8-13(16)15-10-17/h5-7,10,13H,3-4,8-9H2,1-2H3,(H,15,17)/t13-/m0/s1. The highest BCUT2D eigenvalue weighted by atomic mass is 16.1. The molecule has 0 aromatic heterocycles. The van der Waals surface area contributed by atoms with Crippen molar-refractivity contribution in [2.75, 3.05) is 11.4 Å². The Morgan fingerprint density at radius 1 is 1.29 bits per heavy atom. The molecule has 1 saturated heterocycles. The molecular weight excluding hydrogens is 212 g/mol. The maximum atomic E-state index is 10.7. The minimum absolute atomic E-state index is 0.154. The van der Waals surface area contributed by atoms with Gasteiger partial charge in [-0.1, -0.05) is 18.2 Å². The predicted octanol–water partition coefficient (Wildman–Crippen LogP) is 2.37. The van der Waals surface area contributed by atoms with Crippen LogP contribution in [0.5, 0.6) is 0 Å². The third-order valence-corrected chi connectivity index (χ3v) is 3.49. The zero-order chi connectivity index (χ0) is 12.3. The molecule has 0 radical (unpaired) electrons.